The molecule has 0 aromatic heterocycles. The molecule has 0 spiro atoms. The second-order valence-electron chi connectivity index (χ2n) is 4.20. The van der Waals surface area contributed by atoms with Crippen LogP contribution in [0.3, 0.4) is 0 Å². The summed E-state index contributed by atoms with van der Waals surface area (Å²) < 4.78 is 13.1. The number of hydrogen-bond donors (Lipinski definition) is 2. The highest BCUT2D eigenvalue weighted by Gasteiger charge is 2.05. The van der Waals surface area contributed by atoms with Crippen LogP contribution in [0, 0.1) is 5.82 Å². The summed E-state index contributed by atoms with van der Waals surface area (Å²) in [5, 5.41) is 13.1. The Morgan fingerprint density at radius 2 is 1.85 bits per heavy atom. The molecule has 0 unspecified atom stereocenters. The topological polar surface area (TPSA) is 61.7 Å². The summed E-state index contributed by atoms with van der Waals surface area (Å²) in [6.45, 7) is 1.67. The van der Waals surface area contributed by atoms with E-state index in [1.165, 1.54) is 36.4 Å². The molecule has 0 aliphatic rings. The van der Waals surface area contributed by atoms with Crippen LogP contribution in [0.5, 0.6) is 5.75 Å². The summed E-state index contributed by atoms with van der Waals surface area (Å²) in [4.78, 5) is 11.8. The highest BCUT2D eigenvalue weighted by Crippen LogP contribution is 2.09. The Morgan fingerprint density at radius 1 is 1.15 bits per heavy atom. The fourth-order valence-electron chi connectivity index (χ4n) is 1.59. The lowest BCUT2D eigenvalue weighted by Gasteiger charge is -2.03. The van der Waals surface area contributed by atoms with Crippen molar-refractivity contribution in [3.63, 3.8) is 0 Å². The molecule has 2 aromatic rings. The number of nitrogens with zero attached hydrogens (tertiary/aromatic N) is 1. The largest absolute Gasteiger partial charge is 0.508 e. The number of rotatable bonds is 3. The van der Waals surface area contributed by atoms with E-state index in [2.05, 4.69) is 10.5 Å². The molecule has 0 heterocycles. The van der Waals surface area contributed by atoms with Gasteiger partial charge in [0.1, 0.15) is 11.6 Å². The smallest absolute Gasteiger partial charge is 0.271 e. The molecule has 0 aliphatic heterocycles. The van der Waals surface area contributed by atoms with Crippen molar-refractivity contribution in [3.8, 4) is 5.75 Å². The van der Waals surface area contributed by atoms with Gasteiger partial charge < -0.3 is 5.11 Å². The average Bonchev–Trinajstić information content (AvgIpc) is 2.45. The van der Waals surface area contributed by atoms with Gasteiger partial charge in [-0.1, -0.05) is 12.1 Å². The van der Waals surface area contributed by atoms with Gasteiger partial charge >= 0.3 is 0 Å². The Balaban J connectivity index is 2.08. The highest BCUT2D eigenvalue weighted by molar-refractivity contribution is 6.00. The Labute approximate surface area is 115 Å². The third-order valence-electron chi connectivity index (χ3n) is 2.70. The maximum absolute atomic E-state index is 13.1. The third-order valence-corrected chi connectivity index (χ3v) is 2.70. The summed E-state index contributed by atoms with van der Waals surface area (Å²) in [7, 11) is 0. The Morgan fingerprint density at radius 3 is 2.50 bits per heavy atom. The van der Waals surface area contributed by atoms with Crippen LogP contribution >= 0.6 is 0 Å². The lowest BCUT2D eigenvalue weighted by molar-refractivity contribution is 0.0955. The fraction of sp³-hybridized carbons (Fsp3) is 0.0667. The van der Waals surface area contributed by atoms with Crippen LogP contribution in [0.1, 0.15) is 22.8 Å². The number of aromatic hydroxyl groups is 1. The SMILES string of the molecule is C/C(=N\NC(=O)c1ccc(O)cc1)c1cccc(F)c1. The standard InChI is InChI=1S/C15H13FN2O2/c1-10(12-3-2-4-13(16)9-12)17-18-15(20)11-5-7-14(19)8-6-11/h2-9,19H,1H3,(H,18,20)/b17-10+. The highest BCUT2D eigenvalue weighted by atomic mass is 19.1. The van der Waals surface area contributed by atoms with Gasteiger partial charge in [-0.3, -0.25) is 4.79 Å². The second-order valence-corrected chi connectivity index (χ2v) is 4.20. The van der Waals surface area contributed by atoms with Crippen LogP contribution in [-0.4, -0.2) is 16.7 Å². The van der Waals surface area contributed by atoms with Gasteiger partial charge in [0.25, 0.3) is 5.91 Å². The first-order chi connectivity index (χ1) is 9.56. The van der Waals surface area contributed by atoms with E-state index in [0.717, 1.165) is 0 Å². The predicted molar refractivity (Wildman–Crippen MR) is 74.2 cm³/mol. The van der Waals surface area contributed by atoms with Crippen molar-refractivity contribution in [3.05, 3.63) is 65.5 Å². The van der Waals surface area contributed by atoms with Crippen molar-refractivity contribution in [1.29, 1.82) is 0 Å². The number of nitrogens with one attached hydrogen (secondary N) is 1. The summed E-state index contributed by atoms with van der Waals surface area (Å²) >= 11 is 0. The molecule has 2 rings (SSSR count). The van der Waals surface area contributed by atoms with Gasteiger partial charge in [-0.15, -0.1) is 0 Å². The molecule has 2 N–H and O–H groups in total. The molecule has 2 aromatic carbocycles. The minimum absolute atomic E-state index is 0.0843. The Bertz CT molecular complexity index is 651. The van der Waals surface area contributed by atoms with Crippen LogP contribution < -0.4 is 5.43 Å². The number of hydrazone groups is 1. The summed E-state index contributed by atoms with van der Waals surface area (Å²) in [5.74, 6) is -0.677. The number of carbonyl (C=O) groups is 1. The minimum Gasteiger partial charge on any atom is -0.508 e. The normalized spacial score (nSPS) is 11.2. The number of hydrogen-bond acceptors (Lipinski definition) is 3. The molecule has 0 atom stereocenters. The number of carbonyl (C=O) groups excluding carboxylic acids is 1. The second kappa shape index (κ2) is 5.97. The zero-order valence-corrected chi connectivity index (χ0v) is 10.8. The number of phenols is 1. The number of phenolic OH excluding ortho intramolecular Hbond substituents is 1. The molecule has 102 valence electrons. The van der Waals surface area contributed by atoms with Crippen LogP contribution in [0.25, 0.3) is 0 Å². The van der Waals surface area contributed by atoms with Gasteiger partial charge in [0.15, 0.2) is 0 Å². The van der Waals surface area contributed by atoms with Crippen LogP contribution in [-0.2, 0) is 0 Å². The summed E-state index contributed by atoms with van der Waals surface area (Å²) in [6.07, 6.45) is 0. The minimum atomic E-state index is -0.402. The monoisotopic (exact) mass is 272 g/mol. The number of halogens is 1. The zero-order chi connectivity index (χ0) is 14.5. The van der Waals surface area contributed by atoms with E-state index in [1.54, 1.807) is 19.1 Å². The van der Waals surface area contributed by atoms with Gasteiger partial charge in [-0.25, -0.2) is 9.82 Å². The third kappa shape index (κ3) is 3.41. The van der Waals surface area contributed by atoms with Crippen molar-refractivity contribution in [2.24, 2.45) is 5.10 Å². The average molecular weight is 272 g/mol. The molecule has 0 fully saturated rings. The molecule has 5 heteroatoms. The maximum Gasteiger partial charge on any atom is 0.271 e. The molecule has 20 heavy (non-hydrogen) atoms. The van der Waals surface area contributed by atoms with Gasteiger partial charge in [0.2, 0.25) is 0 Å². The number of benzene rings is 2. The van der Waals surface area contributed by atoms with Crippen molar-refractivity contribution in [2.45, 2.75) is 6.92 Å². The zero-order valence-electron chi connectivity index (χ0n) is 10.8. The van der Waals surface area contributed by atoms with Crippen LogP contribution in [0.4, 0.5) is 4.39 Å². The number of amides is 1. The molecule has 1 amide bonds. The van der Waals surface area contributed by atoms with E-state index < -0.39 is 5.91 Å². The van der Waals surface area contributed by atoms with Crippen molar-refractivity contribution in [1.82, 2.24) is 5.43 Å². The van der Waals surface area contributed by atoms with E-state index in [1.807, 2.05) is 0 Å². The van der Waals surface area contributed by atoms with E-state index in [0.29, 0.717) is 16.8 Å². The first-order valence-corrected chi connectivity index (χ1v) is 5.96. The molecule has 0 radical (unpaired) electrons. The predicted octanol–water partition coefficient (Wildman–Crippen LogP) is 2.69. The summed E-state index contributed by atoms with van der Waals surface area (Å²) in [5.41, 5.74) is 3.85. The molecule has 0 aliphatic carbocycles. The Kier molecular flexibility index (Phi) is 4.10. The lowest BCUT2D eigenvalue weighted by Crippen LogP contribution is -2.19. The Hall–Kier alpha value is -2.69. The first-order valence-electron chi connectivity index (χ1n) is 5.96. The molecule has 0 saturated heterocycles. The van der Waals surface area contributed by atoms with Crippen molar-refractivity contribution < 1.29 is 14.3 Å². The molecular weight excluding hydrogens is 259 g/mol. The first kappa shape index (κ1) is 13.7. The van der Waals surface area contributed by atoms with Gasteiger partial charge in [0.05, 0.1) is 5.71 Å². The van der Waals surface area contributed by atoms with Crippen molar-refractivity contribution in [2.75, 3.05) is 0 Å². The van der Waals surface area contributed by atoms with Gasteiger partial charge in [-0.2, -0.15) is 5.10 Å². The van der Waals surface area contributed by atoms with E-state index >= 15 is 0 Å². The van der Waals surface area contributed by atoms with E-state index in [4.69, 9.17) is 5.11 Å². The van der Waals surface area contributed by atoms with Crippen LogP contribution in [0.2, 0.25) is 0 Å². The van der Waals surface area contributed by atoms with E-state index in [9.17, 15) is 9.18 Å². The van der Waals surface area contributed by atoms with Crippen molar-refractivity contribution >= 4 is 11.6 Å². The lowest BCUT2D eigenvalue weighted by atomic mass is 10.1. The maximum atomic E-state index is 13.1. The molecular formula is C15H13FN2O2. The molecule has 0 saturated carbocycles. The fourth-order valence-corrected chi connectivity index (χ4v) is 1.59. The van der Waals surface area contributed by atoms with Gasteiger partial charge in [0, 0.05) is 11.1 Å². The quantitative estimate of drug-likeness (QED) is 0.666. The van der Waals surface area contributed by atoms with Crippen LogP contribution in [0.15, 0.2) is 53.6 Å². The van der Waals surface area contributed by atoms with Gasteiger partial charge in [-0.05, 0) is 43.3 Å². The molecule has 0 bridgehead atoms. The summed E-state index contributed by atoms with van der Waals surface area (Å²) in [6, 6.07) is 11.8. The van der Waals surface area contributed by atoms with E-state index in [-0.39, 0.29) is 11.6 Å². The molecule has 4 nitrogen and oxygen atoms in total.